The van der Waals surface area contributed by atoms with E-state index in [0.29, 0.717) is 35.3 Å². The second-order valence-electron chi connectivity index (χ2n) is 8.30. The molecule has 3 aliphatic heterocycles. The number of amides is 1. The predicted molar refractivity (Wildman–Crippen MR) is 109 cm³/mol. The second kappa shape index (κ2) is 8.14. The van der Waals surface area contributed by atoms with Crippen molar-refractivity contribution in [2.75, 3.05) is 32.8 Å². The van der Waals surface area contributed by atoms with Crippen LogP contribution in [0.25, 0.3) is 0 Å². The van der Waals surface area contributed by atoms with Gasteiger partial charge in [0.05, 0.1) is 0 Å². The number of hydrogen-bond donors (Lipinski definition) is 1. The van der Waals surface area contributed by atoms with E-state index in [9.17, 15) is 9.18 Å². The maximum Gasteiger partial charge on any atom is 0.251 e. The summed E-state index contributed by atoms with van der Waals surface area (Å²) in [6.45, 7) is 3.85. The fourth-order valence-electron chi connectivity index (χ4n) is 4.49. The van der Waals surface area contributed by atoms with E-state index in [-0.39, 0.29) is 30.5 Å². The Balaban J connectivity index is 1.17. The molecule has 2 bridgehead atoms. The molecule has 2 fully saturated rings. The third-order valence-electron chi connectivity index (χ3n) is 5.98. The molecule has 2 aromatic carbocycles. The van der Waals surface area contributed by atoms with Crippen molar-refractivity contribution < 1.29 is 23.4 Å². The summed E-state index contributed by atoms with van der Waals surface area (Å²) < 4.78 is 30.4. The normalized spacial score (nSPS) is 26.8. The lowest BCUT2D eigenvalue weighted by atomic mass is 9.96. The highest BCUT2D eigenvalue weighted by Crippen LogP contribution is 2.33. The van der Waals surface area contributed by atoms with Crippen LogP contribution in [0.5, 0.6) is 17.2 Å². The smallest absolute Gasteiger partial charge is 0.251 e. The lowest BCUT2D eigenvalue weighted by Gasteiger charge is -2.30. The Morgan fingerprint density at radius 3 is 2.87 bits per heavy atom. The summed E-state index contributed by atoms with van der Waals surface area (Å²) in [5.74, 6) is 2.06. The summed E-state index contributed by atoms with van der Waals surface area (Å²) in [7, 11) is 0. The van der Waals surface area contributed by atoms with E-state index < -0.39 is 0 Å². The molecule has 7 heteroatoms. The van der Waals surface area contributed by atoms with Crippen LogP contribution in [0.15, 0.2) is 42.5 Å². The van der Waals surface area contributed by atoms with Gasteiger partial charge in [0.2, 0.25) is 0 Å². The molecular weight excluding hydrogens is 387 g/mol. The average Bonchev–Trinajstić information content (AvgIpc) is 3.10. The van der Waals surface area contributed by atoms with Crippen molar-refractivity contribution in [1.82, 2.24) is 10.2 Å². The van der Waals surface area contributed by atoms with E-state index in [2.05, 4.69) is 10.2 Å². The van der Waals surface area contributed by atoms with Gasteiger partial charge in [0.25, 0.3) is 5.91 Å². The van der Waals surface area contributed by atoms with Gasteiger partial charge in [-0.1, -0.05) is 0 Å². The fourth-order valence-corrected chi connectivity index (χ4v) is 4.49. The van der Waals surface area contributed by atoms with Gasteiger partial charge >= 0.3 is 0 Å². The molecule has 1 N–H and O–H groups in total. The molecule has 3 heterocycles. The van der Waals surface area contributed by atoms with Gasteiger partial charge in [-0.25, -0.2) is 4.39 Å². The minimum absolute atomic E-state index is 0.0735. The number of ether oxygens (including phenoxy) is 3. The number of rotatable bonds is 5. The van der Waals surface area contributed by atoms with E-state index in [4.69, 9.17) is 14.2 Å². The zero-order valence-electron chi connectivity index (χ0n) is 16.7. The van der Waals surface area contributed by atoms with Crippen molar-refractivity contribution in [2.45, 2.75) is 25.0 Å². The number of fused-ring (bicyclic) bond motifs is 3. The van der Waals surface area contributed by atoms with E-state index in [1.807, 2.05) is 0 Å². The molecule has 4 atom stereocenters. The molecule has 6 nitrogen and oxygen atoms in total. The van der Waals surface area contributed by atoms with Crippen LogP contribution >= 0.6 is 0 Å². The molecule has 158 valence electrons. The molecule has 0 saturated carbocycles. The van der Waals surface area contributed by atoms with Gasteiger partial charge in [0.1, 0.15) is 24.8 Å². The number of carbonyl (C=O) groups excluding carboxylic acids is 1. The molecule has 0 aromatic heterocycles. The van der Waals surface area contributed by atoms with Crippen LogP contribution in [0.1, 0.15) is 23.2 Å². The quantitative estimate of drug-likeness (QED) is 0.819. The van der Waals surface area contributed by atoms with Crippen LogP contribution in [0, 0.1) is 11.7 Å². The summed E-state index contributed by atoms with van der Waals surface area (Å²) in [6.07, 6.45) is 2.01. The summed E-state index contributed by atoms with van der Waals surface area (Å²) in [4.78, 5) is 15.1. The van der Waals surface area contributed by atoms with E-state index in [0.717, 1.165) is 19.5 Å². The first-order valence-electron chi connectivity index (χ1n) is 10.5. The maximum absolute atomic E-state index is 13.0. The Hall–Kier alpha value is -2.80. The van der Waals surface area contributed by atoms with Crippen LogP contribution in [-0.2, 0) is 0 Å². The first-order chi connectivity index (χ1) is 14.6. The van der Waals surface area contributed by atoms with Gasteiger partial charge in [0.15, 0.2) is 17.6 Å². The van der Waals surface area contributed by atoms with E-state index >= 15 is 0 Å². The van der Waals surface area contributed by atoms with Crippen molar-refractivity contribution in [1.29, 1.82) is 0 Å². The van der Waals surface area contributed by atoms with Crippen molar-refractivity contribution in [3.63, 3.8) is 0 Å². The van der Waals surface area contributed by atoms with Gasteiger partial charge in [0, 0.05) is 24.7 Å². The highest BCUT2D eigenvalue weighted by molar-refractivity contribution is 5.95. The first-order valence-corrected chi connectivity index (χ1v) is 10.5. The van der Waals surface area contributed by atoms with Crippen LogP contribution < -0.4 is 19.5 Å². The molecule has 1 unspecified atom stereocenters. The minimum atomic E-state index is -0.304. The Labute approximate surface area is 174 Å². The van der Waals surface area contributed by atoms with Crippen molar-refractivity contribution in [3.8, 4) is 17.2 Å². The number of nitrogens with zero attached hydrogens (tertiary/aromatic N) is 1. The number of nitrogens with one attached hydrogen (secondary N) is 1. The summed E-state index contributed by atoms with van der Waals surface area (Å²) >= 11 is 0. The summed E-state index contributed by atoms with van der Waals surface area (Å²) in [5, 5.41) is 3.17. The fraction of sp³-hybridized carbons (Fsp3) is 0.435. The van der Waals surface area contributed by atoms with Gasteiger partial charge in [-0.05, 0) is 67.8 Å². The van der Waals surface area contributed by atoms with Crippen molar-refractivity contribution in [2.24, 2.45) is 5.92 Å². The van der Waals surface area contributed by atoms with Crippen LogP contribution in [-0.4, -0.2) is 55.8 Å². The van der Waals surface area contributed by atoms with Crippen LogP contribution in [0.3, 0.4) is 0 Å². The van der Waals surface area contributed by atoms with Gasteiger partial charge in [-0.15, -0.1) is 0 Å². The molecule has 1 amide bonds. The highest BCUT2D eigenvalue weighted by atomic mass is 19.1. The maximum atomic E-state index is 13.0. The third kappa shape index (κ3) is 4.21. The number of piperidine rings is 1. The molecule has 30 heavy (non-hydrogen) atoms. The molecule has 5 rings (SSSR count). The monoisotopic (exact) mass is 412 g/mol. The summed E-state index contributed by atoms with van der Waals surface area (Å²) in [6, 6.07) is 11.3. The predicted octanol–water partition coefficient (Wildman–Crippen LogP) is 2.87. The first kappa shape index (κ1) is 19.2. The molecule has 0 aliphatic carbocycles. The molecule has 0 spiro atoms. The number of hydrogen-bond acceptors (Lipinski definition) is 5. The minimum Gasteiger partial charge on any atom is -0.490 e. The largest absolute Gasteiger partial charge is 0.490 e. The van der Waals surface area contributed by atoms with Crippen LogP contribution in [0.2, 0.25) is 0 Å². The molecular formula is C23H25FN2O4. The second-order valence-corrected chi connectivity index (χ2v) is 8.30. The molecule has 2 saturated heterocycles. The third-order valence-corrected chi connectivity index (χ3v) is 5.98. The highest BCUT2D eigenvalue weighted by Gasteiger charge is 2.33. The Kier molecular flexibility index (Phi) is 5.21. The van der Waals surface area contributed by atoms with Gasteiger partial charge in [-0.2, -0.15) is 0 Å². The lowest BCUT2D eigenvalue weighted by molar-refractivity contribution is 0.0534. The molecule has 0 radical (unpaired) electrons. The Morgan fingerprint density at radius 2 is 2.03 bits per heavy atom. The number of halogens is 1. The topological polar surface area (TPSA) is 60.0 Å². The average molecular weight is 412 g/mol. The van der Waals surface area contributed by atoms with Crippen LogP contribution in [0.4, 0.5) is 4.39 Å². The van der Waals surface area contributed by atoms with Gasteiger partial charge < -0.3 is 24.4 Å². The number of benzene rings is 2. The van der Waals surface area contributed by atoms with Gasteiger partial charge in [-0.3, -0.25) is 4.79 Å². The lowest BCUT2D eigenvalue weighted by Crippen LogP contribution is -2.47. The molecule has 3 aliphatic rings. The number of carbonyl (C=O) groups is 1. The standard InChI is InChI=1S/C23H25FN2O4/c24-17-2-4-19(5-3-17)28-13-20-14-29-22-10-16(1-6-21(22)30-20)23(27)25-18-9-15-7-8-26(11-15)12-18/h1-6,10,15,18,20H,7-9,11-14H2,(H,25,27)/t15-,18-,20-/m0/s1. The van der Waals surface area contributed by atoms with Crippen molar-refractivity contribution >= 4 is 5.91 Å². The van der Waals surface area contributed by atoms with E-state index in [1.165, 1.54) is 25.1 Å². The SMILES string of the molecule is O=C(N[C@H]1C[C@@H]2CCN(C2)C1)c1ccc2c(c1)OC[C@H](COc1ccc(F)cc1)O2. The zero-order chi connectivity index (χ0) is 20.5. The summed E-state index contributed by atoms with van der Waals surface area (Å²) in [5.41, 5.74) is 0.575. The zero-order valence-corrected chi connectivity index (χ0v) is 16.7. The van der Waals surface area contributed by atoms with Crippen molar-refractivity contribution in [3.05, 3.63) is 53.8 Å². The Morgan fingerprint density at radius 1 is 1.17 bits per heavy atom. The Bertz CT molecular complexity index is 908. The molecule has 2 aromatic rings. The van der Waals surface area contributed by atoms with E-state index in [1.54, 1.807) is 30.3 Å².